The van der Waals surface area contributed by atoms with Gasteiger partial charge in [-0.3, -0.25) is 9.48 Å². The highest BCUT2D eigenvalue weighted by atomic mass is 16.5. The Morgan fingerprint density at radius 2 is 2.04 bits per heavy atom. The van der Waals surface area contributed by atoms with Crippen LogP contribution in [0.25, 0.3) is 22.4 Å². The molecule has 0 saturated heterocycles. The van der Waals surface area contributed by atoms with Crippen molar-refractivity contribution in [3.05, 3.63) is 28.3 Å². The summed E-state index contributed by atoms with van der Waals surface area (Å²) in [7, 11) is 5.64. The highest BCUT2D eigenvalue weighted by Crippen LogP contribution is 2.30. The Labute approximate surface area is 158 Å². The number of H-pyrrole nitrogens is 1. The molecule has 8 heteroatoms. The van der Waals surface area contributed by atoms with Gasteiger partial charge in [0.2, 0.25) is 5.88 Å². The standard InChI is InChI=1S/C19H26N6O2/c1-6-8-14-15-16(25(5)23-14)18(26)22-17(21-15)13-10-12(24(3)4)11-20-19(13)27-9-7-2/h10-11H,6-9H2,1-5H3,(H,21,22,26). The number of pyridine rings is 1. The predicted molar refractivity (Wildman–Crippen MR) is 106 cm³/mol. The van der Waals surface area contributed by atoms with Crippen molar-refractivity contribution in [3.63, 3.8) is 0 Å². The second-order valence-electron chi connectivity index (χ2n) is 6.72. The summed E-state index contributed by atoms with van der Waals surface area (Å²) in [5, 5.41) is 4.47. The normalized spacial score (nSPS) is 11.1. The van der Waals surface area contributed by atoms with Gasteiger partial charge in [-0.25, -0.2) is 9.97 Å². The maximum atomic E-state index is 12.7. The number of ether oxygens (including phenoxy) is 1. The molecule has 27 heavy (non-hydrogen) atoms. The summed E-state index contributed by atoms with van der Waals surface area (Å²) in [4.78, 5) is 26.7. The number of aryl methyl sites for hydroxylation is 2. The lowest BCUT2D eigenvalue weighted by molar-refractivity contribution is 0.306. The molecule has 0 bridgehead atoms. The summed E-state index contributed by atoms with van der Waals surface area (Å²) in [5.41, 5.74) is 3.29. The summed E-state index contributed by atoms with van der Waals surface area (Å²) in [6, 6.07) is 1.93. The summed E-state index contributed by atoms with van der Waals surface area (Å²) >= 11 is 0. The number of hydrogen-bond donors (Lipinski definition) is 1. The number of aromatic nitrogens is 5. The first-order chi connectivity index (χ1) is 13.0. The average Bonchev–Trinajstić information content (AvgIpc) is 2.96. The van der Waals surface area contributed by atoms with Gasteiger partial charge in [0.1, 0.15) is 11.3 Å². The van der Waals surface area contributed by atoms with Crippen LogP contribution in [0.1, 0.15) is 32.4 Å². The van der Waals surface area contributed by atoms with Crippen molar-refractivity contribution in [2.45, 2.75) is 33.1 Å². The number of anilines is 1. The summed E-state index contributed by atoms with van der Waals surface area (Å²) in [6.07, 6.45) is 4.31. The summed E-state index contributed by atoms with van der Waals surface area (Å²) < 4.78 is 7.39. The minimum absolute atomic E-state index is 0.218. The molecule has 0 aliphatic carbocycles. The van der Waals surface area contributed by atoms with Crippen LogP contribution in [0, 0.1) is 0 Å². The summed E-state index contributed by atoms with van der Waals surface area (Å²) in [5.74, 6) is 0.908. The highest BCUT2D eigenvalue weighted by Gasteiger charge is 2.18. The molecule has 0 atom stereocenters. The topological polar surface area (TPSA) is 88.9 Å². The minimum Gasteiger partial charge on any atom is -0.477 e. The van der Waals surface area contributed by atoms with Gasteiger partial charge < -0.3 is 14.6 Å². The molecule has 3 heterocycles. The first kappa shape index (κ1) is 18.9. The average molecular weight is 370 g/mol. The van der Waals surface area contributed by atoms with Crippen LogP contribution >= 0.6 is 0 Å². The minimum atomic E-state index is -0.218. The molecule has 3 aromatic rings. The number of nitrogens with one attached hydrogen (secondary N) is 1. The van der Waals surface area contributed by atoms with Crippen molar-refractivity contribution in [2.24, 2.45) is 7.05 Å². The molecule has 8 nitrogen and oxygen atoms in total. The molecule has 1 N–H and O–H groups in total. The quantitative estimate of drug-likeness (QED) is 0.687. The van der Waals surface area contributed by atoms with Crippen molar-refractivity contribution in [1.29, 1.82) is 0 Å². The van der Waals surface area contributed by atoms with E-state index in [4.69, 9.17) is 9.72 Å². The van der Waals surface area contributed by atoms with E-state index in [2.05, 4.69) is 22.0 Å². The van der Waals surface area contributed by atoms with Crippen molar-refractivity contribution < 1.29 is 4.74 Å². The number of rotatable bonds is 7. The second kappa shape index (κ2) is 7.77. The van der Waals surface area contributed by atoms with Crippen molar-refractivity contribution in [2.75, 3.05) is 25.6 Å². The van der Waals surface area contributed by atoms with Crippen LogP contribution in [0.15, 0.2) is 17.1 Å². The first-order valence-corrected chi connectivity index (χ1v) is 9.22. The molecule has 0 spiro atoms. The Kier molecular flexibility index (Phi) is 5.43. The van der Waals surface area contributed by atoms with E-state index in [1.54, 1.807) is 17.9 Å². The number of aromatic amines is 1. The third-order valence-electron chi connectivity index (χ3n) is 4.30. The van der Waals surface area contributed by atoms with Gasteiger partial charge >= 0.3 is 0 Å². The van der Waals surface area contributed by atoms with E-state index in [1.807, 2.05) is 32.0 Å². The maximum Gasteiger partial charge on any atom is 0.277 e. The number of hydrogen-bond acceptors (Lipinski definition) is 6. The van der Waals surface area contributed by atoms with Crippen LogP contribution < -0.4 is 15.2 Å². The van der Waals surface area contributed by atoms with E-state index in [0.717, 1.165) is 30.6 Å². The summed E-state index contributed by atoms with van der Waals surface area (Å²) in [6.45, 7) is 4.66. The lowest BCUT2D eigenvalue weighted by Crippen LogP contribution is -2.14. The van der Waals surface area contributed by atoms with Gasteiger partial charge in [-0.05, 0) is 18.9 Å². The van der Waals surface area contributed by atoms with E-state index in [0.29, 0.717) is 34.9 Å². The maximum absolute atomic E-state index is 12.7. The number of nitrogens with zero attached hydrogens (tertiary/aromatic N) is 5. The van der Waals surface area contributed by atoms with Crippen LogP contribution in [0.4, 0.5) is 5.69 Å². The van der Waals surface area contributed by atoms with Crippen molar-refractivity contribution in [3.8, 4) is 17.3 Å². The third-order valence-corrected chi connectivity index (χ3v) is 4.30. The molecule has 3 rings (SSSR count). The molecule has 144 valence electrons. The van der Waals surface area contributed by atoms with Crippen molar-refractivity contribution >= 4 is 16.7 Å². The van der Waals surface area contributed by atoms with Crippen LogP contribution in [0.5, 0.6) is 5.88 Å². The van der Waals surface area contributed by atoms with Crippen LogP contribution in [0.3, 0.4) is 0 Å². The van der Waals surface area contributed by atoms with Gasteiger partial charge in [-0.1, -0.05) is 20.3 Å². The number of fused-ring (bicyclic) bond motifs is 1. The van der Waals surface area contributed by atoms with Gasteiger partial charge in [0.15, 0.2) is 5.52 Å². The fourth-order valence-electron chi connectivity index (χ4n) is 2.95. The molecule has 0 saturated carbocycles. The van der Waals surface area contributed by atoms with Gasteiger partial charge in [0.05, 0.1) is 29.7 Å². The van der Waals surface area contributed by atoms with E-state index >= 15 is 0 Å². The molecule has 0 fully saturated rings. The molecule has 3 aromatic heterocycles. The van der Waals surface area contributed by atoms with E-state index in [-0.39, 0.29) is 5.56 Å². The molecule has 0 aliphatic heterocycles. The molecule has 0 aromatic carbocycles. The Balaban J connectivity index is 2.22. The lowest BCUT2D eigenvalue weighted by Gasteiger charge is -2.15. The Hall–Kier alpha value is -2.90. The zero-order valence-electron chi connectivity index (χ0n) is 16.5. The van der Waals surface area contributed by atoms with Crippen LogP contribution in [-0.4, -0.2) is 45.4 Å². The van der Waals surface area contributed by atoms with Gasteiger partial charge in [-0.15, -0.1) is 0 Å². The molecule has 0 amide bonds. The van der Waals surface area contributed by atoms with E-state index in [1.165, 1.54) is 0 Å². The third kappa shape index (κ3) is 3.65. The Bertz CT molecular complexity index is 1010. The largest absolute Gasteiger partial charge is 0.477 e. The fraction of sp³-hybridized carbons (Fsp3) is 0.474. The molecule has 0 aliphatic rings. The van der Waals surface area contributed by atoms with E-state index < -0.39 is 0 Å². The molecular weight excluding hydrogens is 344 g/mol. The Morgan fingerprint density at radius 3 is 2.70 bits per heavy atom. The molecule has 0 unspecified atom stereocenters. The monoisotopic (exact) mass is 370 g/mol. The highest BCUT2D eigenvalue weighted by molar-refractivity contribution is 5.80. The fourth-order valence-corrected chi connectivity index (χ4v) is 2.95. The zero-order chi connectivity index (χ0) is 19.6. The SMILES string of the molecule is CCCOc1ncc(N(C)C)cc1-c1nc2c(CCC)nn(C)c2c(=O)[nH]1. The predicted octanol–water partition coefficient (Wildman–Crippen LogP) is 2.53. The van der Waals surface area contributed by atoms with Gasteiger partial charge in [0.25, 0.3) is 5.56 Å². The molecule has 0 radical (unpaired) electrons. The molecular formula is C19H26N6O2. The zero-order valence-corrected chi connectivity index (χ0v) is 16.5. The Morgan fingerprint density at radius 1 is 1.26 bits per heavy atom. The van der Waals surface area contributed by atoms with Gasteiger partial charge in [-0.2, -0.15) is 5.10 Å². The van der Waals surface area contributed by atoms with Crippen LogP contribution in [0.2, 0.25) is 0 Å². The van der Waals surface area contributed by atoms with Gasteiger partial charge in [0, 0.05) is 21.1 Å². The van der Waals surface area contributed by atoms with Crippen molar-refractivity contribution in [1.82, 2.24) is 24.7 Å². The first-order valence-electron chi connectivity index (χ1n) is 9.22. The lowest BCUT2D eigenvalue weighted by atomic mass is 10.2. The van der Waals surface area contributed by atoms with Crippen LogP contribution in [-0.2, 0) is 13.5 Å². The smallest absolute Gasteiger partial charge is 0.277 e. The van der Waals surface area contributed by atoms with E-state index in [9.17, 15) is 4.79 Å². The second-order valence-corrected chi connectivity index (χ2v) is 6.72.